The lowest BCUT2D eigenvalue weighted by molar-refractivity contribution is -0.119. The average Bonchev–Trinajstić information content (AvgIpc) is 2.75. The fourth-order valence-electron chi connectivity index (χ4n) is 3.63. The summed E-state index contributed by atoms with van der Waals surface area (Å²) in [6.07, 6.45) is 3.59. The van der Waals surface area contributed by atoms with Gasteiger partial charge in [-0.25, -0.2) is 0 Å². The molecule has 0 saturated heterocycles. The molecule has 0 amide bonds. The van der Waals surface area contributed by atoms with E-state index in [1.807, 2.05) is 0 Å². The van der Waals surface area contributed by atoms with Gasteiger partial charge in [0.15, 0.2) is 0 Å². The maximum atomic E-state index is 11.6. The highest BCUT2D eigenvalue weighted by molar-refractivity contribution is 5.87. The molecule has 0 aromatic heterocycles. The Morgan fingerprint density at radius 2 is 2.12 bits per heavy atom. The van der Waals surface area contributed by atoms with E-state index in [9.17, 15) is 9.59 Å². The minimum absolute atomic E-state index is 0.280. The Balaban J connectivity index is 1.94. The van der Waals surface area contributed by atoms with Gasteiger partial charge < -0.3 is 4.79 Å². The number of fused-ring (bicyclic) bond motifs is 1. The second-order valence-corrected chi connectivity index (χ2v) is 5.92. The summed E-state index contributed by atoms with van der Waals surface area (Å²) >= 11 is 0. The predicted octanol–water partition coefficient (Wildman–Crippen LogP) is 2.85. The highest BCUT2D eigenvalue weighted by Gasteiger charge is 2.60. The number of hydrogen-bond acceptors (Lipinski definition) is 2. The van der Waals surface area contributed by atoms with E-state index in [2.05, 4.69) is 13.8 Å². The fraction of sp³-hybridized carbons (Fsp3) is 0.857. The van der Waals surface area contributed by atoms with Crippen LogP contribution in [0, 0.1) is 29.6 Å². The van der Waals surface area contributed by atoms with Crippen molar-refractivity contribution >= 4 is 11.6 Å². The van der Waals surface area contributed by atoms with E-state index >= 15 is 0 Å². The second kappa shape index (κ2) is 4.31. The molecule has 2 aliphatic rings. The summed E-state index contributed by atoms with van der Waals surface area (Å²) in [5.74, 6) is 3.61. The third-order valence-corrected chi connectivity index (χ3v) is 4.51. The number of Topliss-reactive ketones (excluding diaryl/α,β-unsaturated/α-hetero) is 2. The quantitative estimate of drug-likeness (QED) is 0.716. The van der Waals surface area contributed by atoms with E-state index in [1.165, 1.54) is 0 Å². The van der Waals surface area contributed by atoms with Crippen LogP contribution in [0.5, 0.6) is 0 Å². The van der Waals surface area contributed by atoms with Gasteiger partial charge in [-0.3, -0.25) is 4.79 Å². The zero-order valence-corrected chi connectivity index (χ0v) is 10.5. The van der Waals surface area contributed by atoms with Crippen LogP contribution in [0.2, 0.25) is 0 Å². The van der Waals surface area contributed by atoms with Crippen LogP contribution in [0.4, 0.5) is 0 Å². The Morgan fingerprint density at radius 3 is 2.56 bits per heavy atom. The predicted molar refractivity (Wildman–Crippen MR) is 63.0 cm³/mol. The molecule has 0 spiro atoms. The molecule has 2 nitrogen and oxygen atoms in total. The van der Waals surface area contributed by atoms with Crippen molar-refractivity contribution in [1.29, 1.82) is 0 Å². The molecule has 0 N–H and O–H groups in total. The Morgan fingerprint density at radius 1 is 1.44 bits per heavy atom. The van der Waals surface area contributed by atoms with E-state index in [4.69, 9.17) is 0 Å². The summed E-state index contributed by atoms with van der Waals surface area (Å²) in [6.45, 7) is 6.11. The molecule has 0 heterocycles. The molecule has 0 aromatic rings. The summed E-state index contributed by atoms with van der Waals surface area (Å²) in [6, 6.07) is 0. The molecule has 2 rings (SSSR count). The van der Waals surface area contributed by atoms with E-state index < -0.39 is 0 Å². The van der Waals surface area contributed by atoms with E-state index in [-0.39, 0.29) is 5.78 Å². The average molecular weight is 222 g/mol. The van der Waals surface area contributed by atoms with Crippen molar-refractivity contribution in [3.8, 4) is 0 Å². The van der Waals surface area contributed by atoms with Crippen molar-refractivity contribution in [2.45, 2.75) is 46.5 Å². The third kappa shape index (κ3) is 2.07. The van der Waals surface area contributed by atoms with Gasteiger partial charge in [0.25, 0.3) is 0 Å². The summed E-state index contributed by atoms with van der Waals surface area (Å²) < 4.78 is 0. The van der Waals surface area contributed by atoms with Crippen LogP contribution in [0.3, 0.4) is 0 Å². The summed E-state index contributed by atoms with van der Waals surface area (Å²) in [4.78, 5) is 22.7. The number of carbonyl (C=O) groups is 2. The van der Waals surface area contributed by atoms with Crippen molar-refractivity contribution in [3.05, 3.63) is 0 Å². The SMILES string of the molecule is CC(=O)CC[C@@H](C(C)C)[C@H]1[C@H]2CCC(=O)[C@@H]21. The van der Waals surface area contributed by atoms with Crippen LogP contribution in [0.1, 0.15) is 46.5 Å². The van der Waals surface area contributed by atoms with Crippen molar-refractivity contribution in [2.24, 2.45) is 29.6 Å². The molecule has 2 saturated carbocycles. The van der Waals surface area contributed by atoms with Gasteiger partial charge in [0, 0.05) is 18.8 Å². The molecule has 0 aliphatic heterocycles. The first kappa shape index (κ1) is 11.8. The standard InChI is InChI=1S/C14H22O2/c1-8(2)10(5-4-9(3)15)13-11-6-7-12(16)14(11)13/h8,10-11,13-14H,4-7H2,1-3H3/t10-,11+,13-,14+/m0/s1. The zero-order valence-electron chi connectivity index (χ0n) is 10.5. The summed E-state index contributed by atoms with van der Waals surface area (Å²) in [7, 11) is 0. The fourth-order valence-corrected chi connectivity index (χ4v) is 3.63. The van der Waals surface area contributed by atoms with Crippen molar-refractivity contribution in [1.82, 2.24) is 0 Å². The largest absolute Gasteiger partial charge is 0.300 e. The Labute approximate surface area is 97.8 Å². The third-order valence-electron chi connectivity index (χ3n) is 4.51. The molecule has 0 radical (unpaired) electrons. The molecule has 0 bridgehead atoms. The van der Waals surface area contributed by atoms with Crippen molar-refractivity contribution in [2.75, 3.05) is 0 Å². The van der Waals surface area contributed by atoms with Gasteiger partial charge in [-0.05, 0) is 43.4 Å². The first-order valence-electron chi connectivity index (χ1n) is 6.54. The van der Waals surface area contributed by atoms with E-state index in [1.54, 1.807) is 6.92 Å². The van der Waals surface area contributed by atoms with E-state index in [0.29, 0.717) is 41.8 Å². The minimum Gasteiger partial charge on any atom is -0.300 e. The van der Waals surface area contributed by atoms with Gasteiger partial charge in [0.2, 0.25) is 0 Å². The van der Waals surface area contributed by atoms with Crippen LogP contribution in [0.15, 0.2) is 0 Å². The normalized spacial score (nSPS) is 34.0. The number of rotatable bonds is 5. The van der Waals surface area contributed by atoms with Gasteiger partial charge in [-0.2, -0.15) is 0 Å². The monoisotopic (exact) mass is 222 g/mol. The molecular formula is C14H22O2. The number of ketones is 2. The smallest absolute Gasteiger partial charge is 0.136 e. The lowest BCUT2D eigenvalue weighted by Crippen LogP contribution is -2.17. The van der Waals surface area contributed by atoms with Gasteiger partial charge in [0.05, 0.1) is 0 Å². The van der Waals surface area contributed by atoms with Crippen LogP contribution in [-0.4, -0.2) is 11.6 Å². The maximum Gasteiger partial charge on any atom is 0.136 e. The van der Waals surface area contributed by atoms with Crippen LogP contribution in [0.25, 0.3) is 0 Å². The highest BCUT2D eigenvalue weighted by Crippen LogP contribution is 2.60. The highest BCUT2D eigenvalue weighted by atomic mass is 16.1. The van der Waals surface area contributed by atoms with Crippen LogP contribution >= 0.6 is 0 Å². The topological polar surface area (TPSA) is 34.1 Å². The zero-order chi connectivity index (χ0) is 11.9. The molecule has 16 heavy (non-hydrogen) atoms. The summed E-state index contributed by atoms with van der Waals surface area (Å²) in [5.41, 5.74) is 0. The molecule has 2 aliphatic carbocycles. The Hall–Kier alpha value is -0.660. The lowest BCUT2D eigenvalue weighted by Gasteiger charge is -2.22. The summed E-state index contributed by atoms with van der Waals surface area (Å²) in [5, 5.41) is 0. The Bertz CT molecular complexity index is 306. The van der Waals surface area contributed by atoms with Gasteiger partial charge >= 0.3 is 0 Å². The van der Waals surface area contributed by atoms with Crippen LogP contribution < -0.4 is 0 Å². The molecule has 2 heteroatoms. The first-order valence-corrected chi connectivity index (χ1v) is 6.54. The number of hydrogen-bond donors (Lipinski definition) is 0. The maximum absolute atomic E-state index is 11.6. The number of carbonyl (C=O) groups excluding carboxylic acids is 2. The molecule has 4 atom stereocenters. The lowest BCUT2D eigenvalue weighted by atomic mass is 9.83. The molecule has 0 aromatic carbocycles. The first-order chi connectivity index (χ1) is 7.52. The van der Waals surface area contributed by atoms with Gasteiger partial charge in [-0.1, -0.05) is 13.8 Å². The molecule has 0 unspecified atom stereocenters. The molecular weight excluding hydrogens is 200 g/mol. The Kier molecular flexibility index (Phi) is 3.18. The van der Waals surface area contributed by atoms with Crippen molar-refractivity contribution in [3.63, 3.8) is 0 Å². The minimum atomic E-state index is 0.280. The molecule has 90 valence electrons. The van der Waals surface area contributed by atoms with Crippen LogP contribution in [-0.2, 0) is 9.59 Å². The van der Waals surface area contributed by atoms with Gasteiger partial charge in [0.1, 0.15) is 11.6 Å². The molecule has 2 fully saturated rings. The van der Waals surface area contributed by atoms with Gasteiger partial charge in [-0.15, -0.1) is 0 Å². The van der Waals surface area contributed by atoms with E-state index in [0.717, 1.165) is 19.3 Å². The van der Waals surface area contributed by atoms with Crippen molar-refractivity contribution < 1.29 is 9.59 Å². The second-order valence-electron chi connectivity index (χ2n) is 5.92.